The molecule has 0 heterocycles. The molecule has 3 N–H and O–H groups in total. The Kier molecular flexibility index (Phi) is 16.7. The maximum Gasteiger partial charge on any atom is 0.307 e. The summed E-state index contributed by atoms with van der Waals surface area (Å²) in [4.78, 5) is 48.6. The van der Waals surface area contributed by atoms with Crippen molar-refractivity contribution in [1.82, 2.24) is 0 Å². The molecule has 0 aromatic heterocycles. The summed E-state index contributed by atoms with van der Waals surface area (Å²) in [6, 6.07) is 24.3. The summed E-state index contributed by atoms with van der Waals surface area (Å²) in [5.41, 5.74) is 3.40. The van der Waals surface area contributed by atoms with E-state index in [2.05, 4.69) is 11.4 Å². The van der Waals surface area contributed by atoms with Crippen molar-refractivity contribution in [3.8, 4) is 17.6 Å². The third kappa shape index (κ3) is 13.5. The second-order valence-electron chi connectivity index (χ2n) is 12.9. The Morgan fingerprint density at radius 2 is 1.52 bits per heavy atom. The minimum atomic E-state index is -1.28. The number of carbonyl (C=O) groups is 4. The Hall–Kier alpha value is -5.55. The molecule has 13 nitrogen and oxygen atoms in total. The fourth-order valence-corrected chi connectivity index (χ4v) is 6.27. The highest BCUT2D eigenvalue weighted by Crippen LogP contribution is 2.45. The van der Waals surface area contributed by atoms with Crippen molar-refractivity contribution in [2.45, 2.75) is 45.6 Å². The van der Waals surface area contributed by atoms with Crippen LogP contribution in [0.3, 0.4) is 0 Å². The van der Waals surface area contributed by atoms with E-state index >= 15 is 0 Å². The molecule has 1 saturated carbocycles. The predicted molar refractivity (Wildman–Crippen MR) is 197 cm³/mol. The largest absolute Gasteiger partial charge is 0.494 e. The molecule has 54 heavy (non-hydrogen) atoms. The van der Waals surface area contributed by atoms with Crippen molar-refractivity contribution < 1.29 is 53.1 Å². The molecule has 13 heteroatoms. The number of nitrogens with one attached hydrogen (secondary N) is 1. The number of ketones is 1. The quantitative estimate of drug-likeness (QED) is 0.0746. The van der Waals surface area contributed by atoms with Crippen molar-refractivity contribution in [1.29, 1.82) is 5.26 Å². The average molecular weight is 743 g/mol. The molecular formula is C41H46N2O11. The lowest BCUT2D eigenvalue weighted by Gasteiger charge is -2.21. The number of benzene rings is 3. The summed E-state index contributed by atoms with van der Waals surface area (Å²) in [6.07, 6.45) is 5.10. The minimum absolute atomic E-state index is 0.00846. The Morgan fingerprint density at radius 1 is 0.833 bits per heavy atom. The van der Waals surface area contributed by atoms with Gasteiger partial charge < -0.3 is 39.2 Å². The van der Waals surface area contributed by atoms with Crippen LogP contribution in [-0.2, 0) is 46.4 Å². The summed E-state index contributed by atoms with van der Waals surface area (Å²) >= 11 is 0. The zero-order chi connectivity index (χ0) is 38.7. The molecule has 0 spiro atoms. The molecule has 1 fully saturated rings. The van der Waals surface area contributed by atoms with Crippen LogP contribution in [-0.4, -0.2) is 67.2 Å². The van der Waals surface area contributed by atoms with Crippen molar-refractivity contribution >= 4 is 35.4 Å². The second kappa shape index (κ2) is 21.9. The van der Waals surface area contributed by atoms with Crippen LogP contribution in [0.15, 0.2) is 78.9 Å². The molecular weight excluding hydrogens is 696 g/mol. The smallest absolute Gasteiger partial charge is 0.307 e. The van der Waals surface area contributed by atoms with Crippen LogP contribution in [0.2, 0.25) is 0 Å². The van der Waals surface area contributed by atoms with Crippen LogP contribution >= 0.6 is 0 Å². The van der Waals surface area contributed by atoms with Gasteiger partial charge in [-0.2, -0.15) is 5.26 Å². The summed E-state index contributed by atoms with van der Waals surface area (Å²) in [6.45, 7) is 3.21. The highest BCUT2D eigenvalue weighted by molar-refractivity contribution is 5.97. The first-order valence-electron chi connectivity index (χ1n) is 17.7. The molecule has 3 aromatic rings. The number of carboxylic acids is 2. The molecule has 1 aliphatic carbocycles. The number of hydrogen-bond donors (Lipinski definition) is 3. The second-order valence-corrected chi connectivity index (χ2v) is 12.9. The van der Waals surface area contributed by atoms with E-state index in [-0.39, 0.29) is 25.8 Å². The first-order chi connectivity index (χ1) is 26.1. The van der Waals surface area contributed by atoms with E-state index in [0.29, 0.717) is 57.1 Å². The summed E-state index contributed by atoms with van der Waals surface area (Å²) in [7, 11) is 0. The van der Waals surface area contributed by atoms with Gasteiger partial charge >= 0.3 is 11.9 Å². The number of rotatable bonds is 23. The number of nitrogens with zero attached hydrogens (tertiary/aromatic N) is 1. The maximum absolute atomic E-state index is 13.1. The van der Waals surface area contributed by atoms with Gasteiger partial charge in [0.25, 0.3) is 0 Å². The normalized spacial score (nSPS) is 17.9. The van der Waals surface area contributed by atoms with Gasteiger partial charge in [0.1, 0.15) is 24.1 Å². The lowest BCUT2D eigenvalue weighted by Crippen LogP contribution is -2.34. The van der Waals surface area contributed by atoms with Gasteiger partial charge in [0.15, 0.2) is 6.79 Å². The molecule has 0 radical (unpaired) electrons. The summed E-state index contributed by atoms with van der Waals surface area (Å²) < 4.78 is 28.0. The maximum atomic E-state index is 13.1. The highest BCUT2D eigenvalue weighted by atomic mass is 16.7. The van der Waals surface area contributed by atoms with Crippen LogP contribution in [0, 0.1) is 35.0 Å². The lowest BCUT2D eigenvalue weighted by molar-refractivity contribution is -0.148. The highest BCUT2D eigenvalue weighted by Gasteiger charge is 2.52. The van der Waals surface area contributed by atoms with E-state index < -0.39 is 47.9 Å². The standard InChI is InChI=1S/C41H46N2O11/c1-28(44)35-23-37(39(41(48)49)36(35)24-38(45)46)40(47)43-32-12-6-30(7-13-32)18-22-51-26-50-20-4-5-29-8-14-34(15-9-29)54-27-52-25-31-10-16-33(17-11-31)53-21-3-2-19-42/h4-17,35-37,39H,2-3,18,20-27H2,1H3,(H,43,47)(H,45,46)(H,48,49)/b5-4+. The molecule has 0 aliphatic heterocycles. The van der Waals surface area contributed by atoms with Crippen LogP contribution < -0.4 is 14.8 Å². The van der Waals surface area contributed by atoms with E-state index in [4.69, 9.17) is 28.9 Å². The Labute approximate surface area is 314 Å². The van der Waals surface area contributed by atoms with Crippen LogP contribution in [0.1, 0.15) is 49.3 Å². The van der Waals surface area contributed by atoms with Crippen LogP contribution in [0.4, 0.5) is 5.69 Å². The Balaban J connectivity index is 1.07. The predicted octanol–water partition coefficient (Wildman–Crippen LogP) is 6.12. The fourth-order valence-electron chi connectivity index (χ4n) is 6.27. The van der Waals surface area contributed by atoms with Gasteiger partial charge in [0.2, 0.25) is 5.91 Å². The van der Waals surface area contributed by atoms with E-state index in [1.807, 2.05) is 72.8 Å². The van der Waals surface area contributed by atoms with Crippen molar-refractivity contribution in [3.05, 3.63) is 95.6 Å². The molecule has 4 unspecified atom stereocenters. The van der Waals surface area contributed by atoms with E-state index in [9.17, 15) is 29.4 Å². The topological polar surface area (TPSA) is 191 Å². The van der Waals surface area contributed by atoms with Crippen molar-refractivity contribution in [2.24, 2.45) is 23.7 Å². The van der Waals surface area contributed by atoms with Gasteiger partial charge in [0, 0.05) is 24.4 Å². The zero-order valence-corrected chi connectivity index (χ0v) is 30.2. The number of amides is 1. The van der Waals surface area contributed by atoms with E-state index in [1.165, 1.54) is 6.92 Å². The average Bonchev–Trinajstić information content (AvgIpc) is 3.54. The minimum Gasteiger partial charge on any atom is -0.494 e. The Bertz CT molecular complexity index is 1730. The van der Waals surface area contributed by atoms with Crippen LogP contribution in [0.25, 0.3) is 6.08 Å². The third-order valence-corrected chi connectivity index (χ3v) is 9.00. The molecule has 1 amide bonds. The number of unbranched alkanes of at least 4 members (excludes halogenated alkanes) is 1. The van der Waals surface area contributed by atoms with E-state index in [0.717, 1.165) is 22.4 Å². The van der Waals surface area contributed by atoms with Gasteiger partial charge in [-0.3, -0.25) is 19.2 Å². The number of anilines is 1. The first kappa shape index (κ1) is 41.2. The number of carboxylic acid groups (broad SMARTS) is 2. The van der Waals surface area contributed by atoms with Crippen LogP contribution in [0.5, 0.6) is 11.5 Å². The van der Waals surface area contributed by atoms with Gasteiger partial charge in [0.05, 0.1) is 44.3 Å². The molecule has 1 aliphatic rings. The zero-order valence-electron chi connectivity index (χ0n) is 30.2. The van der Waals surface area contributed by atoms with Gasteiger partial charge in [-0.25, -0.2) is 0 Å². The van der Waals surface area contributed by atoms with Gasteiger partial charge in [-0.15, -0.1) is 0 Å². The third-order valence-electron chi connectivity index (χ3n) is 9.00. The van der Waals surface area contributed by atoms with E-state index in [1.54, 1.807) is 12.1 Å². The van der Waals surface area contributed by atoms with Gasteiger partial charge in [-0.1, -0.05) is 48.6 Å². The summed E-state index contributed by atoms with van der Waals surface area (Å²) in [5.74, 6) is -5.95. The number of carbonyl (C=O) groups excluding carboxylic acids is 2. The lowest BCUT2D eigenvalue weighted by atomic mass is 9.83. The molecule has 0 bridgehead atoms. The number of aliphatic carboxylic acids is 2. The monoisotopic (exact) mass is 742 g/mol. The summed E-state index contributed by atoms with van der Waals surface area (Å²) in [5, 5.41) is 30.4. The van der Waals surface area contributed by atoms with Crippen molar-refractivity contribution in [3.63, 3.8) is 0 Å². The molecule has 286 valence electrons. The number of Topliss-reactive ketones (excluding diaryl/α,β-unsaturated/α-hetero) is 1. The molecule has 4 rings (SSSR count). The molecule has 3 aromatic carbocycles. The number of nitriles is 1. The van der Waals surface area contributed by atoms with Crippen molar-refractivity contribution in [2.75, 3.05) is 38.7 Å². The molecule has 4 atom stereocenters. The number of hydrogen-bond acceptors (Lipinski definition) is 10. The SMILES string of the molecule is CC(=O)C1CC(C(=O)Nc2ccc(CCOCOC/C=C/c3ccc(OCOCc4ccc(OCCCC#N)cc4)cc3)cc2)C(C(=O)O)C1CC(=O)O. The van der Waals surface area contributed by atoms with Gasteiger partial charge in [-0.05, 0) is 85.2 Å². The molecule has 0 saturated heterocycles. The Morgan fingerprint density at radius 3 is 2.19 bits per heavy atom. The first-order valence-corrected chi connectivity index (χ1v) is 17.7. The number of ether oxygens (including phenoxy) is 5. The fraction of sp³-hybridized carbons (Fsp3) is 0.390.